The van der Waals surface area contributed by atoms with Gasteiger partial charge in [-0.05, 0) is 55.0 Å². The third kappa shape index (κ3) is 6.17. The van der Waals surface area contributed by atoms with Crippen LogP contribution in [0.3, 0.4) is 0 Å². The molecule has 0 saturated carbocycles. The first-order valence-electron chi connectivity index (χ1n) is 11.2. The molecule has 0 aliphatic heterocycles. The van der Waals surface area contributed by atoms with Crippen LogP contribution in [0.2, 0.25) is 5.02 Å². The van der Waals surface area contributed by atoms with Crippen molar-refractivity contribution in [2.24, 2.45) is 7.05 Å². The van der Waals surface area contributed by atoms with Crippen molar-refractivity contribution in [2.45, 2.75) is 13.1 Å². The van der Waals surface area contributed by atoms with Gasteiger partial charge < -0.3 is 4.57 Å². The summed E-state index contributed by atoms with van der Waals surface area (Å²) in [5, 5.41) is 5.93. The van der Waals surface area contributed by atoms with Gasteiger partial charge >= 0.3 is 6.18 Å². The largest absolute Gasteiger partial charge is 0.416 e. The van der Waals surface area contributed by atoms with E-state index in [9.17, 15) is 26.4 Å². The van der Waals surface area contributed by atoms with Gasteiger partial charge in [0.2, 0.25) is 10.0 Å². The molecule has 0 aliphatic rings. The predicted molar refractivity (Wildman–Crippen MR) is 141 cm³/mol. The number of aryl methyl sites for hydroxylation is 2. The Morgan fingerprint density at radius 3 is 2.63 bits per heavy atom. The molecule has 0 unspecified atom stereocenters. The highest BCUT2D eigenvalue weighted by atomic mass is 35.5. The highest BCUT2D eigenvalue weighted by Gasteiger charge is 2.30. The fraction of sp³-hybridized carbons (Fsp3) is 0.154. The standard InChI is InChI=1S/C26H22ClF3N4O3S/c1-17-22(25(33(2)31-17)34-13-12-19-16-21(27)8-10-23(19)34)9-11-24(35)32-38(36,37)14-4-6-18-5-3-7-20(15-18)26(28,29)30/h3-13,15-16H,14H2,1-2H3,(H,32,35)/b6-4?,11-9+. The zero-order chi connectivity index (χ0) is 27.7. The molecule has 0 spiro atoms. The Labute approximate surface area is 221 Å². The second-order valence-electron chi connectivity index (χ2n) is 8.44. The lowest BCUT2D eigenvalue weighted by atomic mass is 10.1. The third-order valence-electron chi connectivity index (χ3n) is 5.62. The van der Waals surface area contributed by atoms with Gasteiger partial charge in [-0.2, -0.15) is 18.3 Å². The number of benzene rings is 2. The molecule has 2 aromatic heterocycles. The van der Waals surface area contributed by atoms with Gasteiger partial charge in [0, 0.05) is 35.3 Å². The number of carbonyl (C=O) groups excluding carboxylic acids is 1. The van der Waals surface area contributed by atoms with E-state index in [-0.39, 0.29) is 5.56 Å². The number of nitrogens with one attached hydrogen (secondary N) is 1. The summed E-state index contributed by atoms with van der Waals surface area (Å²) in [6.07, 6.45) is 2.31. The van der Waals surface area contributed by atoms with Crippen molar-refractivity contribution in [3.63, 3.8) is 0 Å². The summed E-state index contributed by atoms with van der Waals surface area (Å²) in [6.45, 7) is 1.76. The minimum absolute atomic E-state index is 0.181. The number of hydrogen-bond donors (Lipinski definition) is 1. The number of aromatic nitrogens is 3. The minimum atomic E-state index is -4.51. The SMILES string of the molecule is Cc1nn(C)c(-n2ccc3cc(Cl)ccc32)c1/C=C/C(=O)NS(=O)(=O)CC=Cc1cccc(C(F)(F)F)c1. The van der Waals surface area contributed by atoms with Crippen molar-refractivity contribution in [1.29, 1.82) is 0 Å². The van der Waals surface area contributed by atoms with E-state index in [1.54, 1.807) is 24.7 Å². The molecule has 0 atom stereocenters. The number of alkyl halides is 3. The molecule has 7 nitrogen and oxygen atoms in total. The zero-order valence-corrected chi connectivity index (χ0v) is 21.8. The van der Waals surface area contributed by atoms with Gasteiger partial charge in [0.1, 0.15) is 5.82 Å². The Hall–Kier alpha value is -3.83. The summed E-state index contributed by atoms with van der Waals surface area (Å²) >= 11 is 6.09. The molecule has 0 fully saturated rings. The lowest BCUT2D eigenvalue weighted by Crippen LogP contribution is -2.30. The number of hydrogen-bond acceptors (Lipinski definition) is 4. The molecule has 2 aromatic carbocycles. The number of sulfonamides is 1. The van der Waals surface area contributed by atoms with Crippen molar-refractivity contribution >= 4 is 50.6 Å². The summed E-state index contributed by atoms with van der Waals surface area (Å²) in [6, 6.07) is 11.8. The summed E-state index contributed by atoms with van der Waals surface area (Å²) in [7, 11) is -2.33. The van der Waals surface area contributed by atoms with Gasteiger partial charge in [-0.25, -0.2) is 13.1 Å². The first-order chi connectivity index (χ1) is 17.8. The number of halogens is 4. The van der Waals surface area contributed by atoms with Gasteiger partial charge in [-0.1, -0.05) is 35.9 Å². The molecule has 2 heterocycles. The van der Waals surface area contributed by atoms with Crippen molar-refractivity contribution in [3.05, 3.63) is 94.3 Å². The van der Waals surface area contributed by atoms with Crippen molar-refractivity contribution in [3.8, 4) is 5.82 Å². The van der Waals surface area contributed by atoms with Crippen LogP contribution in [-0.2, 0) is 28.0 Å². The normalized spacial score (nSPS) is 12.7. The van der Waals surface area contributed by atoms with Crippen molar-refractivity contribution in [2.75, 3.05) is 5.75 Å². The molecule has 4 aromatic rings. The van der Waals surface area contributed by atoms with E-state index in [1.807, 2.05) is 33.7 Å². The Bertz CT molecular complexity index is 1690. The molecule has 198 valence electrons. The summed E-state index contributed by atoms with van der Waals surface area (Å²) in [4.78, 5) is 12.4. The Morgan fingerprint density at radius 2 is 1.89 bits per heavy atom. The maximum absolute atomic E-state index is 12.8. The van der Waals surface area contributed by atoms with Crippen LogP contribution >= 0.6 is 11.6 Å². The zero-order valence-electron chi connectivity index (χ0n) is 20.2. The van der Waals surface area contributed by atoms with E-state index in [0.29, 0.717) is 22.1 Å². The van der Waals surface area contributed by atoms with Crippen molar-refractivity contribution < 1.29 is 26.4 Å². The predicted octanol–water partition coefficient (Wildman–Crippen LogP) is 5.52. The molecular formula is C26H22ClF3N4O3S. The highest BCUT2D eigenvalue weighted by Crippen LogP contribution is 2.30. The maximum atomic E-state index is 12.8. The number of nitrogens with zero attached hydrogens (tertiary/aromatic N) is 3. The average molecular weight is 563 g/mol. The quantitative estimate of drug-likeness (QED) is 0.301. The molecule has 1 N–H and O–H groups in total. The molecule has 1 amide bonds. The molecule has 0 saturated heterocycles. The van der Waals surface area contributed by atoms with Crippen LogP contribution in [0.15, 0.2) is 66.9 Å². The lowest BCUT2D eigenvalue weighted by Gasteiger charge is -2.08. The second-order valence-corrected chi connectivity index (χ2v) is 10.6. The van der Waals surface area contributed by atoms with Gasteiger partial charge in [-0.15, -0.1) is 0 Å². The number of fused-ring (bicyclic) bond motifs is 1. The van der Waals surface area contributed by atoms with Crippen LogP contribution in [0.1, 0.15) is 22.4 Å². The van der Waals surface area contributed by atoms with Crippen molar-refractivity contribution in [1.82, 2.24) is 19.1 Å². The second kappa shape index (κ2) is 10.5. The van der Waals surface area contributed by atoms with Crippen LogP contribution in [-0.4, -0.2) is 34.4 Å². The van der Waals surface area contributed by atoms with Crippen LogP contribution in [0, 0.1) is 6.92 Å². The first-order valence-corrected chi connectivity index (χ1v) is 13.2. The summed E-state index contributed by atoms with van der Waals surface area (Å²) in [5.74, 6) is -0.815. The van der Waals surface area contributed by atoms with Gasteiger partial charge in [0.05, 0.1) is 22.5 Å². The summed E-state index contributed by atoms with van der Waals surface area (Å²) < 4.78 is 68.7. The molecular weight excluding hydrogens is 541 g/mol. The molecule has 38 heavy (non-hydrogen) atoms. The fourth-order valence-corrected chi connectivity index (χ4v) is 4.95. The van der Waals surface area contributed by atoms with Crippen LogP contribution < -0.4 is 4.72 Å². The van der Waals surface area contributed by atoms with E-state index < -0.39 is 33.4 Å². The van der Waals surface area contributed by atoms with Gasteiger partial charge in [0.15, 0.2) is 0 Å². The smallest absolute Gasteiger partial charge is 0.301 e. The maximum Gasteiger partial charge on any atom is 0.416 e. The Kier molecular flexibility index (Phi) is 7.52. The summed E-state index contributed by atoms with van der Waals surface area (Å²) in [5.41, 5.74) is 1.43. The molecule has 12 heteroatoms. The van der Waals surface area contributed by atoms with E-state index in [4.69, 9.17) is 11.6 Å². The average Bonchev–Trinajstić information content (AvgIpc) is 3.35. The molecule has 0 bridgehead atoms. The van der Waals surface area contributed by atoms with Gasteiger partial charge in [-0.3, -0.25) is 9.48 Å². The molecule has 4 rings (SSSR count). The van der Waals surface area contributed by atoms with Crippen LogP contribution in [0.4, 0.5) is 13.2 Å². The van der Waals surface area contributed by atoms with E-state index >= 15 is 0 Å². The monoisotopic (exact) mass is 562 g/mol. The number of amides is 1. The minimum Gasteiger partial charge on any atom is -0.301 e. The lowest BCUT2D eigenvalue weighted by molar-refractivity contribution is -0.137. The van der Waals surface area contributed by atoms with Gasteiger partial charge in [0.25, 0.3) is 5.91 Å². The first kappa shape index (κ1) is 27.2. The molecule has 0 radical (unpaired) electrons. The third-order valence-corrected chi connectivity index (χ3v) is 6.99. The fourth-order valence-electron chi connectivity index (χ4n) is 3.96. The van der Waals surface area contributed by atoms with Crippen LogP contribution in [0.25, 0.3) is 28.9 Å². The highest BCUT2D eigenvalue weighted by molar-refractivity contribution is 7.90. The van der Waals surface area contributed by atoms with E-state index in [0.717, 1.165) is 29.1 Å². The topological polar surface area (TPSA) is 86.0 Å². The Morgan fingerprint density at radius 1 is 1.13 bits per heavy atom. The Balaban J connectivity index is 1.48. The molecule has 0 aliphatic carbocycles. The number of carbonyl (C=O) groups is 1. The van der Waals surface area contributed by atoms with E-state index in [1.165, 1.54) is 30.4 Å². The van der Waals surface area contributed by atoms with E-state index in [2.05, 4.69) is 5.10 Å². The van der Waals surface area contributed by atoms with Crippen LogP contribution in [0.5, 0.6) is 0 Å². The number of rotatable bonds is 7.